The van der Waals surface area contributed by atoms with Crippen LogP contribution in [0.1, 0.15) is 74.5 Å². The van der Waals surface area contributed by atoms with Gasteiger partial charge in [0, 0.05) is 84.4 Å². The summed E-state index contributed by atoms with van der Waals surface area (Å²) < 4.78 is 7.04. The second kappa shape index (κ2) is 25.9. The molecule has 2 aromatic heterocycles. The van der Waals surface area contributed by atoms with E-state index in [1.54, 1.807) is 18.6 Å². The smallest absolute Gasteiger partial charge is 0.327 e. The van der Waals surface area contributed by atoms with Gasteiger partial charge in [-0.15, -0.1) is 0 Å². The molecule has 346 valence electrons. The zero-order valence-corrected chi connectivity index (χ0v) is 37.6. The Morgan fingerprint density at radius 2 is 1.26 bits per heavy atom. The first-order valence-electron chi connectivity index (χ1n) is 22.7. The van der Waals surface area contributed by atoms with Crippen LogP contribution in [0.2, 0.25) is 1.41 Å². The summed E-state index contributed by atoms with van der Waals surface area (Å²) in [5.41, 5.74) is 6.39. The van der Waals surface area contributed by atoms with E-state index in [1.807, 2.05) is 78.9 Å². The Morgan fingerprint density at radius 3 is 1.92 bits per heavy atom. The fraction of sp³-hybridized carbons (Fsp3) is 0.408. The number of H-pyrrole nitrogens is 2. The summed E-state index contributed by atoms with van der Waals surface area (Å²) in [4.78, 5) is 100. The van der Waals surface area contributed by atoms with Gasteiger partial charge in [-0.25, -0.2) is 4.79 Å². The van der Waals surface area contributed by atoms with Crippen molar-refractivity contribution in [2.45, 2.75) is 95.2 Å². The number of hydrogen-bond acceptors (Lipinski definition) is 9. The molecule has 5 aromatic rings. The van der Waals surface area contributed by atoms with Gasteiger partial charge in [-0.1, -0.05) is 86.0 Å². The Balaban J connectivity index is 1.30. The lowest BCUT2D eigenvalue weighted by atomic mass is 9.91. The largest absolute Gasteiger partial charge is 0.480 e. The summed E-state index contributed by atoms with van der Waals surface area (Å²) in [6, 6.07) is 21.1. The predicted molar refractivity (Wildman–Crippen MR) is 253 cm³/mol. The maximum atomic E-state index is 14.5. The first-order chi connectivity index (χ1) is 31.9. The molecular weight excluding hydrogens is 847 g/mol. The lowest BCUT2D eigenvalue weighted by molar-refractivity contribution is -0.141. The number of carboxylic acids is 1. The molecule has 0 bridgehead atoms. The van der Waals surface area contributed by atoms with E-state index in [1.165, 1.54) is 11.8 Å². The number of ketones is 2. The van der Waals surface area contributed by atoms with Crippen LogP contribution in [0.3, 0.4) is 0 Å². The van der Waals surface area contributed by atoms with Crippen LogP contribution in [0.25, 0.3) is 21.8 Å². The van der Waals surface area contributed by atoms with E-state index >= 15 is 0 Å². The standard InChI is InChI=1S/C49H61N7O8S/c1-65-31-43(49(63)64)55-46(60)22-21-44(58)41(27-35-29-52-40-19-12-10-17-38(35)40)56-47(61)33(25-34-28-51-39-18-11-9-16-37(34)39)26-36(57)30-53-48(62)42(24-32-14-6-5-7-15-32)54-45(59)20-8-3-2-4-13-23-50/h5-7,9-12,14-19,28-29,33,41-43,51-52H,2-4,8,13,20-27,30-31,50H2,1H3,(H,53,62)(H,54,59)(H,55,60)(H,56,61)(H,63,64)/t33-,41+,42+,43+/m1/s1/i/hT. The third-order valence-corrected chi connectivity index (χ3v) is 12.0. The Morgan fingerprint density at radius 1 is 0.662 bits per heavy atom. The number of nitrogens with two attached hydrogens (primary N) is 1. The summed E-state index contributed by atoms with van der Waals surface area (Å²) in [5.74, 6) is -4.93. The monoisotopic (exact) mass is 909 g/mol. The summed E-state index contributed by atoms with van der Waals surface area (Å²) in [6.45, 7) is 0.206. The van der Waals surface area contributed by atoms with Gasteiger partial charge in [0.25, 0.3) is 0 Å². The fourth-order valence-electron chi connectivity index (χ4n) is 7.82. The quantitative estimate of drug-likeness (QED) is 0.0289. The SMILES string of the molecule is [3H]NCCCCCCCC(=O)N[C@@H](Cc1ccccc1)C(=O)NCC(=O)C[C@@H](Cc1c[nH]c2ccccc12)C(=O)N[C@@H](Cc1c[nH]c2ccccc12)C(=O)CCC(=O)N[C@@H](CSC)C(=O)O. The maximum Gasteiger partial charge on any atom is 0.327 e. The summed E-state index contributed by atoms with van der Waals surface area (Å²) >= 11 is 1.26. The van der Waals surface area contributed by atoms with Crippen LogP contribution < -0.4 is 27.0 Å². The molecule has 4 atom stereocenters. The van der Waals surface area contributed by atoms with Crippen molar-refractivity contribution in [3.63, 3.8) is 0 Å². The van der Waals surface area contributed by atoms with Crippen LogP contribution in [0.5, 0.6) is 0 Å². The predicted octanol–water partition coefficient (Wildman–Crippen LogP) is 4.92. The van der Waals surface area contributed by atoms with E-state index in [4.69, 9.17) is 1.41 Å². The summed E-state index contributed by atoms with van der Waals surface area (Å²) in [7, 11) is 0. The Hall–Kier alpha value is -6.26. The minimum Gasteiger partial charge on any atom is -0.480 e. The molecule has 15 nitrogen and oxygen atoms in total. The molecule has 5 rings (SSSR count). The van der Waals surface area contributed by atoms with Crippen molar-refractivity contribution in [2.75, 3.05) is 25.1 Å². The highest BCUT2D eigenvalue weighted by molar-refractivity contribution is 7.98. The van der Waals surface area contributed by atoms with Crippen LogP contribution in [-0.4, -0.2) is 99.5 Å². The summed E-state index contributed by atoms with van der Waals surface area (Å²) in [6.07, 6.45) is 9.25. The van der Waals surface area contributed by atoms with Gasteiger partial charge in [0.2, 0.25) is 23.6 Å². The zero-order valence-electron chi connectivity index (χ0n) is 37.8. The van der Waals surface area contributed by atoms with Gasteiger partial charge in [0.05, 0.1) is 12.6 Å². The average molecular weight is 910 g/mol. The number of fused-ring (bicyclic) bond motifs is 2. The number of thioether (sulfide) groups is 1. The van der Waals surface area contributed by atoms with Crippen molar-refractivity contribution < 1.29 is 40.1 Å². The number of benzene rings is 3. The van der Waals surface area contributed by atoms with Crippen molar-refractivity contribution >= 4 is 74.7 Å². The third kappa shape index (κ3) is 15.7. The molecule has 4 amide bonds. The minimum absolute atomic E-state index is 0.0726. The van der Waals surface area contributed by atoms with Gasteiger partial charge in [0.1, 0.15) is 13.5 Å². The molecule has 16 heteroatoms. The number of aromatic nitrogens is 2. The molecule has 0 radical (unpaired) electrons. The second-order valence-corrected chi connectivity index (χ2v) is 17.2. The van der Waals surface area contributed by atoms with Gasteiger partial charge in [-0.3, -0.25) is 28.8 Å². The number of carbonyl (C=O) groups excluding carboxylic acids is 6. The van der Waals surface area contributed by atoms with Crippen molar-refractivity contribution in [3.8, 4) is 0 Å². The maximum absolute atomic E-state index is 14.5. The van der Waals surface area contributed by atoms with Gasteiger partial charge < -0.3 is 42.1 Å². The molecule has 65 heavy (non-hydrogen) atoms. The fourth-order valence-corrected chi connectivity index (χ4v) is 8.38. The Labute approximate surface area is 384 Å². The number of amides is 4. The van der Waals surface area contributed by atoms with Gasteiger partial charge in [-0.2, -0.15) is 11.8 Å². The van der Waals surface area contributed by atoms with Crippen molar-refractivity contribution in [3.05, 3.63) is 108 Å². The second-order valence-electron chi connectivity index (χ2n) is 16.3. The van der Waals surface area contributed by atoms with E-state index in [0.717, 1.165) is 64.2 Å². The van der Waals surface area contributed by atoms with E-state index < -0.39 is 65.8 Å². The topological polar surface area (TPSA) is 245 Å². The number of nitrogens with one attached hydrogen (secondary N) is 6. The lowest BCUT2D eigenvalue weighted by Crippen LogP contribution is -2.49. The first-order valence-corrected chi connectivity index (χ1v) is 23.6. The molecule has 0 aliphatic carbocycles. The molecule has 0 unspecified atom stereocenters. The number of para-hydroxylation sites is 2. The number of Topliss-reactive ketones (excluding diaryl/α,β-unsaturated/α-hetero) is 2. The molecule has 0 saturated heterocycles. The molecule has 9 N–H and O–H groups in total. The number of aromatic amines is 2. The van der Waals surface area contributed by atoms with Gasteiger partial charge in [-0.05, 0) is 60.9 Å². The number of rotatable bonds is 30. The first kappa shape index (κ1) is 48.2. The molecule has 0 fully saturated rings. The number of aliphatic carboxylic acids is 1. The van der Waals surface area contributed by atoms with E-state index in [9.17, 15) is 38.7 Å². The number of carbonyl (C=O) groups is 7. The Bertz CT molecular complexity index is 2410. The third-order valence-electron chi connectivity index (χ3n) is 11.3. The highest BCUT2D eigenvalue weighted by Crippen LogP contribution is 2.24. The highest BCUT2D eigenvalue weighted by atomic mass is 32.2. The molecule has 0 spiro atoms. The average Bonchev–Trinajstić information content (AvgIpc) is 3.92. The Kier molecular flexibility index (Phi) is 19.2. The van der Waals surface area contributed by atoms with E-state index in [-0.39, 0.29) is 56.6 Å². The normalized spacial score (nSPS) is 13.3. The van der Waals surface area contributed by atoms with Crippen molar-refractivity contribution in [1.29, 1.82) is 0 Å². The molecule has 3 aromatic carbocycles. The van der Waals surface area contributed by atoms with Crippen LogP contribution in [0, 0.1) is 5.92 Å². The number of unbranched alkanes of at least 4 members (excludes halogenated alkanes) is 4. The van der Waals surface area contributed by atoms with Crippen LogP contribution in [0.15, 0.2) is 91.3 Å². The van der Waals surface area contributed by atoms with Gasteiger partial charge >= 0.3 is 5.97 Å². The van der Waals surface area contributed by atoms with Crippen molar-refractivity contribution in [1.82, 2.24) is 31.2 Å². The van der Waals surface area contributed by atoms with Crippen LogP contribution in [-0.2, 0) is 52.8 Å². The minimum atomic E-state index is -1.19. The number of hydrogen-bond donors (Lipinski definition) is 8. The molecule has 0 aliphatic rings. The molecule has 0 saturated carbocycles. The van der Waals surface area contributed by atoms with Crippen LogP contribution >= 0.6 is 11.8 Å². The lowest BCUT2D eigenvalue weighted by Gasteiger charge is -2.23. The van der Waals surface area contributed by atoms with Gasteiger partial charge in [0.15, 0.2) is 11.6 Å². The number of carboxylic acid groups (broad SMARTS) is 1. The van der Waals surface area contributed by atoms with E-state index in [0.29, 0.717) is 13.0 Å². The zero-order chi connectivity index (χ0) is 47.3. The van der Waals surface area contributed by atoms with E-state index in [2.05, 4.69) is 37.0 Å². The molecule has 0 aliphatic heterocycles. The molecule has 2 heterocycles. The highest BCUT2D eigenvalue weighted by Gasteiger charge is 2.30. The van der Waals surface area contributed by atoms with Crippen LogP contribution in [0.4, 0.5) is 0 Å². The summed E-state index contributed by atoms with van der Waals surface area (Å²) in [5, 5.41) is 22.2. The molecular formula is C49H61N7O8S. The van der Waals surface area contributed by atoms with Crippen molar-refractivity contribution in [2.24, 2.45) is 11.6 Å².